The van der Waals surface area contributed by atoms with E-state index in [2.05, 4.69) is 20.9 Å². The van der Waals surface area contributed by atoms with Crippen molar-refractivity contribution in [2.45, 2.75) is 12.9 Å². The van der Waals surface area contributed by atoms with E-state index in [1.165, 1.54) is 0 Å². The Morgan fingerprint density at radius 1 is 1.82 bits per heavy atom. The molecule has 0 radical (unpaired) electrons. The summed E-state index contributed by atoms with van der Waals surface area (Å²) in [5.74, 6) is 0. The van der Waals surface area contributed by atoms with Gasteiger partial charge in [-0.3, -0.25) is 4.98 Å². The van der Waals surface area contributed by atoms with Crippen LogP contribution in [-0.4, -0.2) is 11.5 Å². The molecule has 2 nitrogen and oxygen atoms in total. The summed E-state index contributed by atoms with van der Waals surface area (Å²) >= 11 is 2.92. The maximum absolute atomic E-state index is 7.82. The lowest BCUT2D eigenvalue weighted by molar-refractivity contribution is 0.626. The SMILES string of the molecule is [2H]c1nc2c(c([2H])c1Br)C([2H])([2H])C([2H])([2H])NC2([2H])[2H]. The van der Waals surface area contributed by atoms with Crippen molar-refractivity contribution in [2.24, 2.45) is 0 Å². The van der Waals surface area contributed by atoms with Crippen molar-refractivity contribution < 1.29 is 11.0 Å². The lowest BCUT2D eigenvalue weighted by Gasteiger charge is -2.15. The number of aromatic nitrogens is 1. The third kappa shape index (κ3) is 1.44. The smallest absolute Gasteiger partial charge is 0.0852 e. The Hall–Kier alpha value is -0.410. The largest absolute Gasteiger partial charge is 0.311 e. The monoisotopic (exact) mass is 220 g/mol. The second-order valence-electron chi connectivity index (χ2n) is 1.89. The molecule has 1 N–H and O–H groups in total. The van der Waals surface area contributed by atoms with Gasteiger partial charge in [0.25, 0.3) is 0 Å². The van der Waals surface area contributed by atoms with Crippen LogP contribution in [0.4, 0.5) is 0 Å². The molecule has 0 aromatic carbocycles. The van der Waals surface area contributed by atoms with E-state index in [0.29, 0.717) is 0 Å². The van der Waals surface area contributed by atoms with Gasteiger partial charge in [0.05, 0.1) is 8.44 Å². The number of rotatable bonds is 0. The summed E-state index contributed by atoms with van der Waals surface area (Å²) in [6.07, 6.45) is -3.04. The Balaban J connectivity index is 2.89. The molecule has 0 aliphatic carbocycles. The maximum Gasteiger partial charge on any atom is 0.0852 e. The second-order valence-corrected chi connectivity index (χ2v) is 2.68. The summed E-state index contributed by atoms with van der Waals surface area (Å²) < 4.78 is 61.5. The summed E-state index contributed by atoms with van der Waals surface area (Å²) in [7, 11) is 0. The first-order valence-electron chi connectivity index (χ1n) is 6.89. The van der Waals surface area contributed by atoms with Crippen molar-refractivity contribution in [1.29, 1.82) is 0 Å². The normalized spacial score (nSPS) is 40.5. The molecule has 0 amide bonds. The van der Waals surface area contributed by atoms with Crippen LogP contribution in [0.25, 0.3) is 0 Å². The molecule has 0 unspecified atom stereocenters. The van der Waals surface area contributed by atoms with Crippen LogP contribution in [0.15, 0.2) is 16.7 Å². The minimum atomic E-state index is -2.70. The molecule has 0 saturated carbocycles. The molecule has 0 bridgehead atoms. The van der Waals surface area contributed by atoms with Gasteiger partial charge in [0.2, 0.25) is 0 Å². The zero-order valence-electron chi connectivity index (χ0n) is 13.3. The quantitative estimate of drug-likeness (QED) is 0.717. The van der Waals surface area contributed by atoms with Crippen LogP contribution >= 0.6 is 15.9 Å². The van der Waals surface area contributed by atoms with Gasteiger partial charge in [-0.15, -0.1) is 0 Å². The molecule has 3 heteroatoms. The third-order valence-electron chi connectivity index (χ3n) is 1.17. The Morgan fingerprint density at radius 2 is 2.73 bits per heavy atom. The molecule has 0 fully saturated rings. The average Bonchev–Trinajstić information content (AvgIpc) is 2.21. The highest BCUT2D eigenvalue weighted by atomic mass is 79.9. The molecule has 2 heterocycles. The van der Waals surface area contributed by atoms with E-state index in [0.717, 1.165) is 0 Å². The molecule has 1 aromatic heterocycles. The number of nitrogens with zero attached hydrogens (tertiary/aromatic N) is 1. The molecule has 0 atom stereocenters. The third-order valence-corrected chi connectivity index (χ3v) is 1.54. The minimum Gasteiger partial charge on any atom is -0.311 e. The molecule has 11 heavy (non-hydrogen) atoms. The van der Waals surface area contributed by atoms with E-state index >= 15 is 0 Å². The van der Waals surface area contributed by atoms with Crippen LogP contribution in [0.3, 0.4) is 0 Å². The van der Waals surface area contributed by atoms with Gasteiger partial charge >= 0.3 is 0 Å². The fourth-order valence-corrected chi connectivity index (χ4v) is 1.01. The zero-order chi connectivity index (χ0) is 14.8. The first kappa shape index (κ1) is 2.54. The van der Waals surface area contributed by atoms with E-state index < -0.39 is 42.8 Å². The number of hydrogen-bond donors (Lipinski definition) is 1. The van der Waals surface area contributed by atoms with Gasteiger partial charge in [0, 0.05) is 25.4 Å². The van der Waals surface area contributed by atoms with Crippen LogP contribution in [0.1, 0.15) is 22.2 Å². The lowest BCUT2D eigenvalue weighted by atomic mass is 10.1. The van der Waals surface area contributed by atoms with E-state index in [-0.39, 0.29) is 4.47 Å². The van der Waals surface area contributed by atoms with Crippen LogP contribution < -0.4 is 5.32 Å². The minimum absolute atomic E-state index is 0.0939. The summed E-state index contributed by atoms with van der Waals surface area (Å²) in [4.78, 5) is 3.64. The topological polar surface area (TPSA) is 24.9 Å². The van der Waals surface area contributed by atoms with E-state index in [1.54, 1.807) is 0 Å². The van der Waals surface area contributed by atoms with Gasteiger partial charge < -0.3 is 5.32 Å². The first-order chi connectivity index (χ1) is 8.42. The van der Waals surface area contributed by atoms with E-state index in [4.69, 9.17) is 11.0 Å². The predicted octanol–water partition coefficient (Wildman–Crippen LogP) is 1.49. The number of halogens is 1. The molecule has 1 aliphatic heterocycles. The fraction of sp³-hybridized carbons (Fsp3) is 0.375. The number of fused-ring (bicyclic) bond motifs is 1. The van der Waals surface area contributed by atoms with Crippen LogP contribution in [0, 0.1) is 0 Å². The molecular weight excluding hydrogens is 204 g/mol. The highest BCUT2D eigenvalue weighted by Crippen LogP contribution is 2.16. The first-order valence-corrected chi connectivity index (χ1v) is 3.68. The van der Waals surface area contributed by atoms with Crippen molar-refractivity contribution in [2.75, 3.05) is 6.50 Å². The Labute approximate surface area is 85.4 Å². The second kappa shape index (κ2) is 2.91. The lowest BCUT2D eigenvalue weighted by Crippen LogP contribution is -2.24. The van der Waals surface area contributed by atoms with E-state index in [1.807, 2.05) is 5.32 Å². The van der Waals surface area contributed by atoms with Crippen molar-refractivity contribution >= 4 is 15.9 Å². The molecule has 0 spiro atoms. The fourth-order valence-electron chi connectivity index (χ4n) is 0.723. The Morgan fingerprint density at radius 3 is 3.64 bits per heavy atom. The molecule has 1 aliphatic rings. The van der Waals surface area contributed by atoms with Crippen molar-refractivity contribution in [3.8, 4) is 0 Å². The summed E-state index contributed by atoms with van der Waals surface area (Å²) in [5, 5.41) is 1.90. The van der Waals surface area contributed by atoms with Crippen molar-refractivity contribution in [3.63, 3.8) is 0 Å². The maximum atomic E-state index is 7.82. The Kier molecular flexibility index (Phi) is 0.672. The number of hydrogen-bond acceptors (Lipinski definition) is 2. The summed E-state index contributed by atoms with van der Waals surface area (Å²) in [6, 6.07) is -0.464. The molecule has 1 aromatic rings. The number of nitrogens with one attached hydrogen (secondary N) is 1. The van der Waals surface area contributed by atoms with Gasteiger partial charge in [-0.2, -0.15) is 0 Å². The van der Waals surface area contributed by atoms with Gasteiger partial charge in [0.1, 0.15) is 0 Å². The molecule has 0 saturated heterocycles. The average molecular weight is 221 g/mol. The van der Waals surface area contributed by atoms with Crippen molar-refractivity contribution in [1.82, 2.24) is 10.3 Å². The molecule has 2 rings (SSSR count). The number of pyridine rings is 1. The van der Waals surface area contributed by atoms with Gasteiger partial charge in [-0.1, -0.05) is 0 Å². The van der Waals surface area contributed by atoms with Crippen LogP contribution in [-0.2, 0) is 12.9 Å². The van der Waals surface area contributed by atoms with Crippen molar-refractivity contribution in [3.05, 3.63) is 27.9 Å². The van der Waals surface area contributed by atoms with Crippen LogP contribution in [0.5, 0.6) is 0 Å². The molecule has 58 valence electrons. The summed E-state index contributed by atoms with van der Waals surface area (Å²) in [6.45, 7) is -5.17. The highest BCUT2D eigenvalue weighted by Gasteiger charge is 2.08. The Bertz CT molecular complexity index is 558. The van der Waals surface area contributed by atoms with Gasteiger partial charge in [-0.25, -0.2) is 0 Å². The standard InChI is InChI=1S/C8H9BrN2/c9-7-3-6-1-2-10-5-8(6)11-4-7/h3-4,10H,1-2,5H2/i1D2,2D2,3D,4D,5D2. The summed E-state index contributed by atoms with van der Waals surface area (Å²) in [5.41, 5.74) is -0.949. The molecular formula is C8H9BrN2. The van der Waals surface area contributed by atoms with Gasteiger partial charge in [0.15, 0.2) is 0 Å². The van der Waals surface area contributed by atoms with E-state index in [9.17, 15) is 0 Å². The van der Waals surface area contributed by atoms with Gasteiger partial charge in [-0.05, 0) is 40.4 Å². The van der Waals surface area contributed by atoms with Crippen LogP contribution in [0.2, 0.25) is 0 Å². The zero-order valence-corrected chi connectivity index (χ0v) is 6.91. The highest BCUT2D eigenvalue weighted by molar-refractivity contribution is 9.10. The predicted molar refractivity (Wildman–Crippen MR) is 47.3 cm³/mol.